The molecule has 3 nitrogen and oxygen atoms in total. The number of benzene rings is 1. The fourth-order valence-electron chi connectivity index (χ4n) is 1.46. The summed E-state index contributed by atoms with van der Waals surface area (Å²) in [6.07, 6.45) is 1.92. The molecule has 0 aliphatic heterocycles. The first-order valence-corrected chi connectivity index (χ1v) is 5.47. The van der Waals surface area contributed by atoms with Crippen LogP contribution in [0.25, 0.3) is 11.1 Å². The Morgan fingerprint density at radius 1 is 1.24 bits per heavy atom. The van der Waals surface area contributed by atoms with Crippen LogP contribution in [0, 0.1) is 0 Å². The van der Waals surface area contributed by atoms with Crippen LogP contribution in [0.4, 0.5) is 0 Å². The van der Waals surface area contributed by atoms with Gasteiger partial charge in [0.2, 0.25) is 0 Å². The number of carbonyl (C=O) groups is 1. The summed E-state index contributed by atoms with van der Waals surface area (Å²) in [5, 5.41) is 10.5. The number of pyridine rings is 1. The first kappa shape index (κ1) is 11.9. The Hall–Kier alpha value is -1.58. The van der Waals surface area contributed by atoms with Gasteiger partial charge in [0, 0.05) is 27.4 Å². The van der Waals surface area contributed by atoms with E-state index < -0.39 is 0 Å². The van der Waals surface area contributed by atoms with Crippen LogP contribution in [0.5, 0.6) is 5.75 Å². The highest BCUT2D eigenvalue weighted by molar-refractivity contribution is 6.39. The lowest BCUT2D eigenvalue weighted by Crippen LogP contribution is -1.89. The van der Waals surface area contributed by atoms with Crippen molar-refractivity contribution in [3.8, 4) is 16.9 Å². The first-order valence-electron chi connectivity index (χ1n) is 4.72. The van der Waals surface area contributed by atoms with Crippen LogP contribution in [0.15, 0.2) is 30.5 Å². The Morgan fingerprint density at radius 2 is 1.88 bits per heavy atom. The minimum atomic E-state index is -0.200. The topological polar surface area (TPSA) is 50.2 Å². The number of carbonyl (C=O) groups excluding carboxylic acids is 1. The van der Waals surface area contributed by atoms with E-state index in [0.29, 0.717) is 27.5 Å². The van der Waals surface area contributed by atoms with Crippen LogP contribution in [0.1, 0.15) is 10.5 Å². The molecule has 0 aliphatic carbocycles. The molecule has 2 rings (SSSR count). The number of rotatable bonds is 2. The molecule has 0 saturated heterocycles. The number of hydrogen-bond donors (Lipinski definition) is 1. The van der Waals surface area contributed by atoms with Crippen molar-refractivity contribution in [2.24, 2.45) is 0 Å². The zero-order valence-corrected chi connectivity index (χ0v) is 10.0. The molecule has 2 aromatic rings. The maximum absolute atomic E-state index is 10.5. The molecule has 0 unspecified atom stereocenters. The van der Waals surface area contributed by atoms with Gasteiger partial charge in [-0.3, -0.25) is 4.79 Å². The molecule has 1 N–H and O–H groups in total. The van der Waals surface area contributed by atoms with Crippen LogP contribution in [0.2, 0.25) is 10.0 Å². The van der Waals surface area contributed by atoms with Gasteiger partial charge in [-0.2, -0.15) is 0 Å². The van der Waals surface area contributed by atoms with Crippen molar-refractivity contribution in [3.63, 3.8) is 0 Å². The number of aromatic nitrogens is 1. The molecule has 0 amide bonds. The van der Waals surface area contributed by atoms with E-state index in [-0.39, 0.29) is 11.4 Å². The zero-order valence-electron chi connectivity index (χ0n) is 8.52. The second kappa shape index (κ2) is 4.73. The van der Waals surface area contributed by atoms with Gasteiger partial charge in [0.15, 0.2) is 6.29 Å². The number of aldehydes is 1. The smallest absolute Gasteiger partial charge is 0.172 e. The third kappa shape index (κ3) is 2.25. The highest BCUT2D eigenvalue weighted by atomic mass is 35.5. The van der Waals surface area contributed by atoms with Crippen LogP contribution in [-0.4, -0.2) is 16.4 Å². The Labute approximate surface area is 108 Å². The average molecular weight is 268 g/mol. The standard InChI is InChI=1S/C12H7Cl2NO2/c13-8-2-1-3-9(14)12(8)7-4-11(17)10(6-16)15-5-7/h1-6,17H. The van der Waals surface area contributed by atoms with Gasteiger partial charge in [-0.25, -0.2) is 4.98 Å². The lowest BCUT2D eigenvalue weighted by Gasteiger charge is -2.07. The molecule has 0 saturated carbocycles. The van der Waals surface area contributed by atoms with E-state index in [4.69, 9.17) is 23.2 Å². The highest BCUT2D eigenvalue weighted by Crippen LogP contribution is 2.35. The minimum absolute atomic E-state index is 0.0167. The maximum atomic E-state index is 10.5. The van der Waals surface area contributed by atoms with E-state index in [0.717, 1.165) is 0 Å². The molecule has 17 heavy (non-hydrogen) atoms. The Morgan fingerprint density at radius 3 is 2.41 bits per heavy atom. The van der Waals surface area contributed by atoms with Crippen LogP contribution in [0.3, 0.4) is 0 Å². The molecule has 0 atom stereocenters. The lowest BCUT2D eigenvalue weighted by molar-refractivity contribution is 0.111. The Bertz CT molecular complexity index is 564. The lowest BCUT2D eigenvalue weighted by atomic mass is 10.1. The van der Waals surface area contributed by atoms with E-state index in [2.05, 4.69) is 4.98 Å². The minimum Gasteiger partial charge on any atom is -0.506 e. The molecule has 0 fully saturated rings. The second-order valence-corrected chi connectivity index (χ2v) is 4.16. The number of nitrogens with zero attached hydrogens (tertiary/aromatic N) is 1. The van der Waals surface area contributed by atoms with Crippen molar-refractivity contribution in [2.45, 2.75) is 0 Å². The molecule has 5 heteroatoms. The van der Waals surface area contributed by atoms with Gasteiger partial charge in [-0.05, 0) is 18.2 Å². The summed E-state index contributed by atoms with van der Waals surface area (Å²) in [7, 11) is 0. The Kier molecular flexibility index (Phi) is 3.31. The average Bonchev–Trinajstić information content (AvgIpc) is 2.29. The molecule has 0 bridgehead atoms. The summed E-state index contributed by atoms with van der Waals surface area (Å²) in [5.41, 5.74) is 1.12. The monoisotopic (exact) mass is 267 g/mol. The van der Waals surface area contributed by atoms with E-state index in [1.807, 2.05) is 0 Å². The fraction of sp³-hybridized carbons (Fsp3) is 0. The maximum Gasteiger partial charge on any atom is 0.172 e. The molecule has 1 aromatic heterocycles. The predicted octanol–water partition coefficient (Wildman–Crippen LogP) is 3.57. The zero-order chi connectivity index (χ0) is 12.4. The van der Waals surface area contributed by atoms with Crippen LogP contribution < -0.4 is 0 Å². The van der Waals surface area contributed by atoms with E-state index in [1.165, 1.54) is 12.3 Å². The summed E-state index contributed by atoms with van der Waals surface area (Å²) in [6.45, 7) is 0. The normalized spacial score (nSPS) is 10.2. The molecule has 1 heterocycles. The fourth-order valence-corrected chi connectivity index (χ4v) is 2.08. The van der Waals surface area contributed by atoms with Gasteiger partial charge < -0.3 is 5.11 Å². The third-order valence-electron chi connectivity index (χ3n) is 2.26. The Balaban J connectivity index is 2.61. The number of aromatic hydroxyl groups is 1. The summed E-state index contributed by atoms with van der Waals surface area (Å²) in [5.74, 6) is -0.200. The van der Waals surface area contributed by atoms with E-state index in [9.17, 15) is 9.90 Å². The predicted molar refractivity (Wildman–Crippen MR) is 66.7 cm³/mol. The second-order valence-electron chi connectivity index (χ2n) is 3.34. The highest BCUT2D eigenvalue weighted by Gasteiger charge is 2.11. The molecule has 1 aromatic carbocycles. The summed E-state index contributed by atoms with van der Waals surface area (Å²) in [4.78, 5) is 14.4. The third-order valence-corrected chi connectivity index (χ3v) is 2.89. The van der Waals surface area contributed by atoms with Crippen molar-refractivity contribution in [1.82, 2.24) is 4.98 Å². The summed E-state index contributed by atoms with van der Waals surface area (Å²) >= 11 is 12.1. The van der Waals surface area contributed by atoms with Crippen LogP contribution in [-0.2, 0) is 0 Å². The van der Waals surface area contributed by atoms with E-state index in [1.54, 1.807) is 18.2 Å². The quantitative estimate of drug-likeness (QED) is 0.847. The van der Waals surface area contributed by atoms with Crippen molar-refractivity contribution in [2.75, 3.05) is 0 Å². The van der Waals surface area contributed by atoms with Crippen molar-refractivity contribution in [3.05, 3.63) is 46.2 Å². The summed E-state index contributed by atoms with van der Waals surface area (Å²) in [6, 6.07) is 6.51. The van der Waals surface area contributed by atoms with Crippen LogP contribution >= 0.6 is 23.2 Å². The van der Waals surface area contributed by atoms with Crippen molar-refractivity contribution >= 4 is 29.5 Å². The first-order chi connectivity index (χ1) is 8.13. The molecule has 86 valence electrons. The molecular weight excluding hydrogens is 261 g/mol. The van der Waals surface area contributed by atoms with Gasteiger partial charge >= 0.3 is 0 Å². The van der Waals surface area contributed by atoms with Gasteiger partial charge in [0.1, 0.15) is 11.4 Å². The van der Waals surface area contributed by atoms with Crippen molar-refractivity contribution in [1.29, 1.82) is 0 Å². The SMILES string of the molecule is O=Cc1ncc(-c2c(Cl)cccc2Cl)cc1O. The van der Waals surface area contributed by atoms with Gasteiger partial charge in [-0.15, -0.1) is 0 Å². The molecule has 0 radical (unpaired) electrons. The molecular formula is C12H7Cl2NO2. The van der Waals surface area contributed by atoms with Gasteiger partial charge in [-0.1, -0.05) is 29.3 Å². The molecule has 0 spiro atoms. The van der Waals surface area contributed by atoms with Crippen molar-refractivity contribution < 1.29 is 9.90 Å². The number of halogens is 2. The largest absolute Gasteiger partial charge is 0.506 e. The summed E-state index contributed by atoms with van der Waals surface area (Å²) < 4.78 is 0. The number of hydrogen-bond acceptors (Lipinski definition) is 3. The molecule has 0 aliphatic rings. The van der Waals surface area contributed by atoms with Gasteiger partial charge in [0.25, 0.3) is 0 Å². The van der Waals surface area contributed by atoms with E-state index >= 15 is 0 Å². The van der Waals surface area contributed by atoms with Gasteiger partial charge in [0.05, 0.1) is 0 Å².